The fourth-order valence-electron chi connectivity index (χ4n) is 3.80. The molecule has 0 radical (unpaired) electrons. The van der Waals surface area contributed by atoms with Crippen molar-refractivity contribution in [3.05, 3.63) is 77.1 Å². The van der Waals surface area contributed by atoms with Crippen LogP contribution in [0.3, 0.4) is 0 Å². The van der Waals surface area contributed by atoms with Gasteiger partial charge in [0.2, 0.25) is 0 Å². The van der Waals surface area contributed by atoms with Gasteiger partial charge in [0.1, 0.15) is 0 Å². The molecule has 1 saturated heterocycles. The first-order valence-corrected chi connectivity index (χ1v) is 10.3. The van der Waals surface area contributed by atoms with E-state index in [1.165, 1.54) is 4.90 Å². The summed E-state index contributed by atoms with van der Waals surface area (Å²) in [6.07, 6.45) is 3.55. The highest BCUT2D eigenvalue weighted by molar-refractivity contribution is 6.35. The molecule has 0 bridgehead atoms. The van der Waals surface area contributed by atoms with Crippen LogP contribution in [0.4, 0.5) is 26.7 Å². The first kappa shape index (κ1) is 19.9. The van der Waals surface area contributed by atoms with Crippen LogP contribution in [0, 0.1) is 0 Å². The predicted molar refractivity (Wildman–Crippen MR) is 124 cm³/mol. The van der Waals surface area contributed by atoms with E-state index in [4.69, 9.17) is 11.6 Å². The molecule has 0 spiro atoms. The Bertz CT molecular complexity index is 1270. The van der Waals surface area contributed by atoms with Crippen LogP contribution >= 0.6 is 11.6 Å². The van der Waals surface area contributed by atoms with Gasteiger partial charge in [-0.25, -0.2) is 14.5 Å². The molecule has 0 unspecified atom stereocenters. The van der Waals surface area contributed by atoms with Crippen LogP contribution in [-0.4, -0.2) is 40.9 Å². The summed E-state index contributed by atoms with van der Waals surface area (Å²) in [6, 6.07) is 14.8. The Morgan fingerprint density at radius 2 is 1.94 bits per heavy atom. The van der Waals surface area contributed by atoms with Gasteiger partial charge in [0.25, 0.3) is 5.91 Å². The van der Waals surface area contributed by atoms with Crippen molar-refractivity contribution in [3.8, 4) is 0 Å². The van der Waals surface area contributed by atoms with E-state index in [1.54, 1.807) is 54.7 Å². The molecule has 160 valence electrons. The molecule has 3 N–H and O–H groups in total. The molecule has 0 aliphatic carbocycles. The third-order valence-corrected chi connectivity index (χ3v) is 5.58. The number of hydrogen-bond donors (Lipinski definition) is 3. The molecule has 2 aliphatic heterocycles. The van der Waals surface area contributed by atoms with Gasteiger partial charge < -0.3 is 15.6 Å². The molecular weight excluding hydrogens is 430 g/mol. The lowest BCUT2D eigenvalue weighted by atomic mass is 10.1. The Labute approximate surface area is 188 Å². The van der Waals surface area contributed by atoms with Gasteiger partial charge in [-0.3, -0.25) is 9.69 Å². The number of imide groups is 1. The minimum atomic E-state index is -0.536. The van der Waals surface area contributed by atoms with Crippen LogP contribution in [0.15, 0.2) is 60.8 Å². The number of fused-ring (bicyclic) bond motifs is 1. The Hall–Kier alpha value is -4.04. The molecule has 1 fully saturated rings. The molecule has 5 rings (SSSR count). The molecule has 2 aliphatic rings. The van der Waals surface area contributed by atoms with Crippen molar-refractivity contribution < 1.29 is 14.4 Å². The van der Waals surface area contributed by atoms with E-state index in [9.17, 15) is 14.4 Å². The standard InChI is InChI=1S/C23H18ClN5O3/c24-14-3-1-5-17(11-14)28-9-10-29(23(28)32)22(31)26-16-6-7-18-19(12-15-4-2-8-25-15)21(30)27-20(18)13-16/h1-8,11-13,25H,9-10H2,(H,26,31)(H,27,30)/b19-12-. The molecule has 3 heterocycles. The van der Waals surface area contributed by atoms with E-state index >= 15 is 0 Å². The van der Waals surface area contributed by atoms with Crippen molar-refractivity contribution in [2.45, 2.75) is 0 Å². The van der Waals surface area contributed by atoms with Crippen LogP contribution in [0.5, 0.6) is 0 Å². The van der Waals surface area contributed by atoms with Crippen LogP contribution in [0.2, 0.25) is 5.02 Å². The average molecular weight is 448 g/mol. The van der Waals surface area contributed by atoms with Crippen LogP contribution in [0.1, 0.15) is 11.3 Å². The maximum Gasteiger partial charge on any atom is 0.332 e. The van der Waals surface area contributed by atoms with Gasteiger partial charge in [0.15, 0.2) is 0 Å². The molecule has 8 nitrogen and oxygen atoms in total. The zero-order valence-corrected chi connectivity index (χ0v) is 17.5. The van der Waals surface area contributed by atoms with E-state index in [-0.39, 0.29) is 12.5 Å². The van der Waals surface area contributed by atoms with E-state index in [0.29, 0.717) is 34.2 Å². The summed E-state index contributed by atoms with van der Waals surface area (Å²) < 4.78 is 0. The predicted octanol–water partition coefficient (Wildman–Crippen LogP) is 4.63. The second kappa shape index (κ2) is 7.90. The third kappa shape index (κ3) is 3.61. The second-order valence-corrected chi connectivity index (χ2v) is 7.83. The molecule has 32 heavy (non-hydrogen) atoms. The topological polar surface area (TPSA) is 97.5 Å². The van der Waals surface area contributed by atoms with Gasteiger partial charge in [0.05, 0.1) is 17.8 Å². The largest absolute Gasteiger partial charge is 0.362 e. The number of hydrogen-bond acceptors (Lipinski definition) is 3. The summed E-state index contributed by atoms with van der Waals surface area (Å²) in [5.74, 6) is -0.218. The Kier molecular flexibility index (Phi) is 4.91. The summed E-state index contributed by atoms with van der Waals surface area (Å²) in [6.45, 7) is 0.627. The molecule has 0 saturated carbocycles. The van der Waals surface area contributed by atoms with Crippen LogP contribution in [-0.2, 0) is 4.79 Å². The first-order valence-electron chi connectivity index (χ1n) is 9.96. The lowest BCUT2D eigenvalue weighted by Crippen LogP contribution is -2.39. The van der Waals surface area contributed by atoms with E-state index in [2.05, 4.69) is 15.6 Å². The number of nitrogens with one attached hydrogen (secondary N) is 3. The number of amides is 5. The number of H-pyrrole nitrogens is 1. The van der Waals surface area contributed by atoms with Gasteiger partial charge in [-0.05, 0) is 48.5 Å². The number of halogens is 1. The van der Waals surface area contributed by atoms with Crippen molar-refractivity contribution in [1.82, 2.24) is 9.88 Å². The highest BCUT2D eigenvalue weighted by Gasteiger charge is 2.34. The molecule has 1 aromatic heterocycles. The third-order valence-electron chi connectivity index (χ3n) is 5.35. The van der Waals surface area contributed by atoms with E-state index in [1.807, 2.05) is 12.1 Å². The van der Waals surface area contributed by atoms with Crippen molar-refractivity contribution in [2.24, 2.45) is 0 Å². The maximum atomic E-state index is 12.8. The number of anilines is 3. The molecule has 9 heteroatoms. The number of urea groups is 2. The highest BCUT2D eigenvalue weighted by atomic mass is 35.5. The van der Waals surface area contributed by atoms with Gasteiger partial charge >= 0.3 is 12.1 Å². The number of aromatic amines is 1. The fraction of sp³-hybridized carbons (Fsp3) is 0.0870. The number of aromatic nitrogens is 1. The van der Waals surface area contributed by atoms with Gasteiger partial charge in [-0.15, -0.1) is 0 Å². The van der Waals surface area contributed by atoms with Crippen molar-refractivity contribution in [1.29, 1.82) is 0 Å². The number of nitrogens with zero attached hydrogens (tertiary/aromatic N) is 2. The maximum absolute atomic E-state index is 12.8. The first-order chi connectivity index (χ1) is 15.5. The zero-order chi connectivity index (χ0) is 22.2. The summed E-state index contributed by atoms with van der Waals surface area (Å²) in [5.41, 5.74) is 3.80. The molecule has 2 aromatic carbocycles. The summed E-state index contributed by atoms with van der Waals surface area (Å²) in [7, 11) is 0. The molecular formula is C23H18ClN5O3. The van der Waals surface area contributed by atoms with Crippen molar-refractivity contribution in [3.63, 3.8) is 0 Å². The zero-order valence-electron chi connectivity index (χ0n) is 16.8. The number of rotatable bonds is 3. The molecule has 0 atom stereocenters. The van der Waals surface area contributed by atoms with Gasteiger partial charge in [-0.2, -0.15) is 0 Å². The molecule has 5 amide bonds. The minimum Gasteiger partial charge on any atom is -0.362 e. The van der Waals surface area contributed by atoms with E-state index in [0.717, 1.165) is 16.2 Å². The number of benzene rings is 2. The Morgan fingerprint density at radius 3 is 2.72 bits per heavy atom. The van der Waals surface area contributed by atoms with E-state index < -0.39 is 12.1 Å². The second-order valence-electron chi connectivity index (χ2n) is 7.39. The van der Waals surface area contributed by atoms with Gasteiger partial charge in [-0.1, -0.05) is 23.7 Å². The lowest BCUT2D eigenvalue weighted by Gasteiger charge is -2.18. The van der Waals surface area contributed by atoms with Crippen molar-refractivity contribution >= 4 is 58.3 Å². The normalized spacial score (nSPS) is 16.5. The Morgan fingerprint density at radius 1 is 1.06 bits per heavy atom. The Balaban J connectivity index is 1.31. The highest BCUT2D eigenvalue weighted by Crippen LogP contribution is 2.35. The van der Waals surface area contributed by atoms with Crippen LogP contribution in [0.25, 0.3) is 11.6 Å². The van der Waals surface area contributed by atoms with Crippen molar-refractivity contribution in [2.75, 3.05) is 28.6 Å². The molecule has 3 aromatic rings. The monoisotopic (exact) mass is 447 g/mol. The summed E-state index contributed by atoms with van der Waals surface area (Å²) >= 11 is 6.02. The minimum absolute atomic E-state index is 0.218. The quantitative estimate of drug-likeness (QED) is 0.510. The SMILES string of the molecule is O=C1Nc2cc(NC(=O)N3CCN(c4cccc(Cl)c4)C3=O)ccc2/C1=C/c1ccc[nH]1. The summed E-state index contributed by atoms with van der Waals surface area (Å²) in [5, 5.41) is 6.07. The average Bonchev–Trinajstić information content (AvgIpc) is 3.48. The fourth-order valence-corrected chi connectivity index (χ4v) is 3.99. The number of carbonyl (C=O) groups is 3. The summed E-state index contributed by atoms with van der Waals surface area (Å²) in [4.78, 5) is 43.6. The lowest BCUT2D eigenvalue weighted by molar-refractivity contribution is -0.110. The number of carbonyl (C=O) groups excluding carboxylic acids is 3. The smallest absolute Gasteiger partial charge is 0.332 e. The van der Waals surface area contributed by atoms with Gasteiger partial charge in [0, 0.05) is 40.4 Å². The van der Waals surface area contributed by atoms with Crippen LogP contribution < -0.4 is 15.5 Å².